The van der Waals surface area contributed by atoms with Gasteiger partial charge in [0, 0.05) is 42.8 Å². The van der Waals surface area contributed by atoms with E-state index in [9.17, 15) is 24.3 Å². The van der Waals surface area contributed by atoms with Crippen molar-refractivity contribution >= 4 is 39.1 Å². The van der Waals surface area contributed by atoms with Gasteiger partial charge in [0.05, 0.1) is 36.1 Å². The van der Waals surface area contributed by atoms with Crippen LogP contribution in [-0.4, -0.2) is 99.6 Å². The van der Waals surface area contributed by atoms with Crippen LogP contribution in [0, 0.1) is 23.0 Å². The molecule has 2 N–H and O–H groups in total. The maximum absolute atomic E-state index is 16.7. The maximum atomic E-state index is 16.7. The van der Waals surface area contributed by atoms with E-state index in [1.54, 1.807) is 23.1 Å². The third kappa shape index (κ3) is 5.52. The predicted molar refractivity (Wildman–Crippen MR) is 164 cm³/mol. The summed E-state index contributed by atoms with van der Waals surface area (Å²) in [6, 6.07) is 8.98. The molecule has 5 heterocycles. The van der Waals surface area contributed by atoms with Gasteiger partial charge in [-0.1, -0.05) is 42.4 Å². The summed E-state index contributed by atoms with van der Waals surface area (Å²) >= 11 is 6.35. The lowest BCUT2D eigenvalue weighted by molar-refractivity contribution is -0.0167. The van der Waals surface area contributed by atoms with Gasteiger partial charge < -0.3 is 29.3 Å². The molecular formula is C32H28ClF3N6O5. The second kappa shape index (κ2) is 12.5. The summed E-state index contributed by atoms with van der Waals surface area (Å²) in [6.45, 7) is 3.77. The molecule has 0 bridgehead atoms. The average Bonchev–Trinajstić information content (AvgIpc) is 3.64. The predicted octanol–water partition coefficient (Wildman–Crippen LogP) is 3.89. The molecular weight excluding hydrogens is 641 g/mol. The number of anilines is 1. The van der Waals surface area contributed by atoms with Crippen LogP contribution < -0.4 is 9.64 Å². The number of nitriles is 1. The highest BCUT2D eigenvalue weighted by Crippen LogP contribution is 2.39. The lowest BCUT2D eigenvalue weighted by Gasteiger charge is -2.43. The van der Waals surface area contributed by atoms with E-state index in [0.717, 1.165) is 0 Å². The molecule has 47 heavy (non-hydrogen) atoms. The van der Waals surface area contributed by atoms with Crippen molar-refractivity contribution in [3.8, 4) is 23.3 Å². The number of aliphatic hydroxyl groups excluding tert-OH is 2. The Bertz CT molecular complexity index is 1930. The number of hydrogen-bond acceptors (Lipinski definition) is 11. The molecule has 2 aromatic heterocycles. The van der Waals surface area contributed by atoms with Crippen molar-refractivity contribution in [2.75, 3.05) is 37.7 Å². The molecule has 3 fully saturated rings. The van der Waals surface area contributed by atoms with Gasteiger partial charge in [0.15, 0.2) is 18.1 Å². The van der Waals surface area contributed by atoms with E-state index in [-0.39, 0.29) is 83.7 Å². The Labute approximate surface area is 271 Å². The highest BCUT2D eigenvalue weighted by atomic mass is 35.5. The fourth-order valence-electron chi connectivity index (χ4n) is 6.54. The van der Waals surface area contributed by atoms with Crippen LogP contribution in [-0.2, 0) is 9.47 Å². The summed E-state index contributed by atoms with van der Waals surface area (Å²) < 4.78 is 62.6. The second-order valence-corrected chi connectivity index (χ2v) is 12.0. The number of hydrogen-bond donors (Lipinski definition) is 2. The number of fused-ring (bicyclic) bond motifs is 3. The van der Waals surface area contributed by atoms with Gasteiger partial charge in [0.1, 0.15) is 47.0 Å². The summed E-state index contributed by atoms with van der Waals surface area (Å²) in [5.74, 6) is -2.23. The molecule has 15 heteroatoms. The lowest BCUT2D eigenvalue weighted by Crippen LogP contribution is -2.57. The van der Waals surface area contributed by atoms with Crippen molar-refractivity contribution < 1.29 is 37.6 Å². The standard InChI is InChI=1S/C32H28ClF3N6O5/c1-15(34)31(44)42-10-9-41(12-17(42)7-8-37)30-19-11-38-26(18-4-2-3-16-5-6-20(35)24(33)23(16)18)25(36)27(19)39-32(40-30)47-22-14-46-28-21(43)13-45-29(22)28/h2-6,11,17,21-22,28-29,31,43-44H,1,7,9-10,12-14H2/t17-,21+,22+,28+,29+,31?/m0/s1. The SMILES string of the molecule is C=C(F)C(O)N1CCN(c2nc(O[C@@H]3CO[C@H]4[C@@H]3OC[C@H]4O)nc3c(F)c(-c4cccc5ccc(F)c(Cl)c45)ncc23)C[C@@H]1CC#N. The number of aromatic nitrogens is 3. The maximum Gasteiger partial charge on any atom is 0.319 e. The third-order valence-electron chi connectivity index (χ3n) is 8.82. The molecule has 0 radical (unpaired) electrons. The van der Waals surface area contributed by atoms with E-state index in [0.29, 0.717) is 5.39 Å². The molecule has 2 aromatic carbocycles. The van der Waals surface area contributed by atoms with Crippen molar-refractivity contribution in [3.63, 3.8) is 0 Å². The number of aliphatic hydroxyl groups is 2. The number of ether oxygens (including phenoxy) is 3. The molecule has 3 saturated heterocycles. The van der Waals surface area contributed by atoms with Crippen LogP contribution in [0.2, 0.25) is 5.02 Å². The minimum Gasteiger partial charge on any atom is -0.455 e. The van der Waals surface area contributed by atoms with Gasteiger partial charge in [0.25, 0.3) is 0 Å². The van der Waals surface area contributed by atoms with Crippen molar-refractivity contribution in [1.29, 1.82) is 5.26 Å². The van der Waals surface area contributed by atoms with Gasteiger partial charge in [-0.15, -0.1) is 0 Å². The molecule has 6 atom stereocenters. The Morgan fingerprint density at radius 3 is 2.77 bits per heavy atom. The fraction of sp³-hybridized carbons (Fsp3) is 0.375. The van der Waals surface area contributed by atoms with Crippen molar-refractivity contribution in [2.45, 2.75) is 43.1 Å². The Balaban J connectivity index is 1.34. The van der Waals surface area contributed by atoms with Crippen LogP contribution in [0.4, 0.5) is 19.0 Å². The molecule has 244 valence electrons. The first-order valence-electron chi connectivity index (χ1n) is 14.9. The van der Waals surface area contributed by atoms with E-state index in [1.807, 2.05) is 0 Å². The molecule has 3 aliphatic heterocycles. The summed E-state index contributed by atoms with van der Waals surface area (Å²) in [4.78, 5) is 16.7. The smallest absolute Gasteiger partial charge is 0.319 e. The van der Waals surface area contributed by atoms with Crippen LogP contribution in [0.15, 0.2) is 48.9 Å². The number of rotatable bonds is 7. The monoisotopic (exact) mass is 668 g/mol. The van der Waals surface area contributed by atoms with Gasteiger partial charge in [-0.25, -0.2) is 13.2 Å². The number of halogens is 4. The zero-order valence-corrected chi connectivity index (χ0v) is 25.4. The van der Waals surface area contributed by atoms with E-state index in [1.165, 1.54) is 23.2 Å². The first-order chi connectivity index (χ1) is 22.7. The minimum atomic E-state index is -1.60. The summed E-state index contributed by atoms with van der Waals surface area (Å²) in [7, 11) is 0. The lowest BCUT2D eigenvalue weighted by atomic mass is 10.0. The topological polar surface area (TPSA) is 137 Å². The van der Waals surface area contributed by atoms with Gasteiger partial charge >= 0.3 is 6.01 Å². The Morgan fingerprint density at radius 2 is 1.98 bits per heavy atom. The zero-order chi connectivity index (χ0) is 33.0. The highest BCUT2D eigenvalue weighted by Gasteiger charge is 2.49. The van der Waals surface area contributed by atoms with Crippen molar-refractivity contribution in [3.05, 3.63) is 65.6 Å². The molecule has 7 rings (SSSR count). The normalized spacial score (nSPS) is 25.2. The largest absolute Gasteiger partial charge is 0.455 e. The summed E-state index contributed by atoms with van der Waals surface area (Å²) in [5.41, 5.74) is -0.0363. The number of benzene rings is 2. The molecule has 1 unspecified atom stereocenters. The molecule has 11 nitrogen and oxygen atoms in total. The molecule has 0 saturated carbocycles. The van der Waals surface area contributed by atoms with Gasteiger partial charge in [-0.3, -0.25) is 9.88 Å². The average molecular weight is 669 g/mol. The van der Waals surface area contributed by atoms with Gasteiger partial charge in [-0.05, 0) is 11.5 Å². The van der Waals surface area contributed by atoms with E-state index < -0.39 is 54.1 Å². The third-order valence-corrected chi connectivity index (χ3v) is 9.19. The van der Waals surface area contributed by atoms with Crippen LogP contribution in [0.1, 0.15) is 6.42 Å². The fourth-order valence-corrected chi connectivity index (χ4v) is 6.82. The molecule has 0 spiro atoms. The minimum absolute atomic E-state index is 0.0511. The molecule has 4 aromatic rings. The first kappa shape index (κ1) is 31.5. The van der Waals surface area contributed by atoms with Crippen LogP contribution in [0.25, 0.3) is 32.9 Å². The number of pyridine rings is 1. The first-order valence-corrected chi connectivity index (χ1v) is 15.2. The van der Waals surface area contributed by atoms with Crippen molar-refractivity contribution in [1.82, 2.24) is 19.9 Å². The number of nitrogens with zero attached hydrogens (tertiary/aromatic N) is 6. The number of piperazine rings is 1. The summed E-state index contributed by atoms with van der Waals surface area (Å²) in [5, 5.41) is 31.0. The highest BCUT2D eigenvalue weighted by molar-refractivity contribution is 6.36. The zero-order valence-electron chi connectivity index (χ0n) is 24.7. The quantitative estimate of drug-likeness (QED) is 0.297. The molecule has 3 aliphatic rings. The van der Waals surface area contributed by atoms with E-state index in [4.69, 9.17) is 25.8 Å². The second-order valence-electron chi connectivity index (χ2n) is 11.6. The molecule has 0 aliphatic carbocycles. The van der Waals surface area contributed by atoms with Crippen LogP contribution in [0.5, 0.6) is 6.01 Å². The Morgan fingerprint density at radius 1 is 1.17 bits per heavy atom. The van der Waals surface area contributed by atoms with Crippen LogP contribution >= 0.6 is 11.6 Å². The Hall–Kier alpha value is -4.10. The van der Waals surface area contributed by atoms with Gasteiger partial charge in [-0.2, -0.15) is 15.2 Å². The molecule has 0 amide bonds. The van der Waals surface area contributed by atoms with Crippen molar-refractivity contribution in [2.24, 2.45) is 0 Å². The summed E-state index contributed by atoms with van der Waals surface area (Å²) in [6.07, 6.45) is -2.99. The van der Waals surface area contributed by atoms with Crippen LogP contribution in [0.3, 0.4) is 0 Å². The van der Waals surface area contributed by atoms with E-state index >= 15 is 4.39 Å². The van der Waals surface area contributed by atoms with E-state index in [2.05, 4.69) is 27.6 Å². The van der Waals surface area contributed by atoms with Gasteiger partial charge in [0.2, 0.25) is 0 Å². The Kier molecular flexibility index (Phi) is 8.37.